The minimum atomic E-state index is -0.534. The van der Waals surface area contributed by atoms with E-state index in [0.29, 0.717) is 23.7 Å². The number of carbonyl (C=O) groups excluding carboxylic acids is 2. The van der Waals surface area contributed by atoms with Gasteiger partial charge in [0.05, 0.1) is 7.11 Å². The van der Waals surface area contributed by atoms with Gasteiger partial charge in [0.2, 0.25) is 5.91 Å². The molecule has 1 aliphatic rings. The summed E-state index contributed by atoms with van der Waals surface area (Å²) in [6, 6.07) is 7.00. The van der Waals surface area contributed by atoms with Gasteiger partial charge in [-0.2, -0.15) is 0 Å². The fourth-order valence-corrected chi connectivity index (χ4v) is 2.40. The zero-order chi connectivity index (χ0) is 15.1. The summed E-state index contributed by atoms with van der Waals surface area (Å²) in [6.07, 6.45) is 2.08. The molecule has 0 spiro atoms. The third-order valence-electron chi connectivity index (χ3n) is 3.51. The van der Waals surface area contributed by atoms with Crippen LogP contribution in [0.15, 0.2) is 24.3 Å². The Kier molecular flexibility index (Phi) is 5.57. The van der Waals surface area contributed by atoms with Crippen molar-refractivity contribution >= 4 is 23.4 Å². The topological polar surface area (TPSA) is 79.5 Å². The van der Waals surface area contributed by atoms with Gasteiger partial charge in [-0.15, -0.1) is 0 Å². The third-order valence-corrected chi connectivity index (χ3v) is 3.51. The molecule has 2 amide bonds. The molecule has 1 aromatic carbocycles. The zero-order valence-electron chi connectivity index (χ0n) is 12.1. The second kappa shape index (κ2) is 7.64. The zero-order valence-corrected chi connectivity index (χ0v) is 12.1. The number of hydrogen-bond donors (Lipinski definition) is 3. The van der Waals surface area contributed by atoms with Crippen LogP contribution in [0.25, 0.3) is 0 Å². The van der Waals surface area contributed by atoms with Crippen LogP contribution in [0, 0.1) is 5.92 Å². The Morgan fingerprint density at radius 2 is 1.90 bits per heavy atom. The highest BCUT2D eigenvalue weighted by Crippen LogP contribution is 2.19. The largest absolute Gasteiger partial charge is 0.453 e. The number of carbonyl (C=O) groups is 2. The Balaban J connectivity index is 1.87. The summed E-state index contributed by atoms with van der Waals surface area (Å²) in [6.45, 7) is 1.97. The monoisotopic (exact) mass is 291 g/mol. The first kappa shape index (κ1) is 15.3. The van der Waals surface area contributed by atoms with E-state index in [1.807, 2.05) is 0 Å². The normalized spacial score (nSPS) is 15.3. The van der Waals surface area contributed by atoms with Gasteiger partial charge < -0.3 is 15.4 Å². The summed E-state index contributed by atoms with van der Waals surface area (Å²) >= 11 is 0. The van der Waals surface area contributed by atoms with Gasteiger partial charge in [-0.3, -0.25) is 10.1 Å². The van der Waals surface area contributed by atoms with E-state index in [1.165, 1.54) is 7.11 Å². The fourth-order valence-electron chi connectivity index (χ4n) is 2.40. The maximum absolute atomic E-state index is 12.0. The van der Waals surface area contributed by atoms with Crippen LogP contribution in [0.3, 0.4) is 0 Å². The molecule has 114 valence electrons. The van der Waals surface area contributed by atoms with Gasteiger partial charge in [-0.05, 0) is 50.0 Å². The van der Waals surface area contributed by atoms with Gasteiger partial charge >= 0.3 is 6.09 Å². The molecule has 0 atom stereocenters. The number of ether oxygens (including phenoxy) is 1. The number of benzene rings is 1. The van der Waals surface area contributed by atoms with Crippen LogP contribution in [0.5, 0.6) is 0 Å². The van der Waals surface area contributed by atoms with Crippen molar-refractivity contribution in [1.29, 1.82) is 0 Å². The van der Waals surface area contributed by atoms with Crippen LogP contribution < -0.4 is 16.0 Å². The smallest absolute Gasteiger partial charge is 0.411 e. The van der Waals surface area contributed by atoms with E-state index in [1.54, 1.807) is 24.3 Å². The summed E-state index contributed by atoms with van der Waals surface area (Å²) in [4.78, 5) is 23.2. The second-order valence-corrected chi connectivity index (χ2v) is 5.14. The minimum Gasteiger partial charge on any atom is -0.453 e. The maximum Gasteiger partial charge on any atom is 0.411 e. The predicted molar refractivity (Wildman–Crippen MR) is 81.3 cm³/mol. The van der Waals surface area contributed by atoms with E-state index >= 15 is 0 Å². The summed E-state index contributed by atoms with van der Waals surface area (Å²) in [5, 5.41) is 8.72. The molecule has 2 rings (SSSR count). The van der Waals surface area contributed by atoms with Crippen molar-refractivity contribution < 1.29 is 14.3 Å². The van der Waals surface area contributed by atoms with E-state index in [-0.39, 0.29) is 5.91 Å². The molecule has 1 saturated heterocycles. The molecule has 6 heteroatoms. The van der Waals surface area contributed by atoms with Crippen molar-refractivity contribution in [2.24, 2.45) is 5.92 Å². The van der Waals surface area contributed by atoms with Crippen molar-refractivity contribution in [3.05, 3.63) is 24.3 Å². The van der Waals surface area contributed by atoms with Crippen molar-refractivity contribution in [2.75, 3.05) is 30.8 Å². The van der Waals surface area contributed by atoms with Gasteiger partial charge in [0.1, 0.15) is 0 Å². The van der Waals surface area contributed by atoms with Gasteiger partial charge in [-0.25, -0.2) is 4.79 Å². The van der Waals surface area contributed by atoms with Crippen LogP contribution in [-0.2, 0) is 9.53 Å². The number of rotatable bonds is 4. The molecule has 1 heterocycles. The molecule has 0 aliphatic carbocycles. The first-order valence-corrected chi connectivity index (χ1v) is 7.13. The number of anilines is 2. The first-order chi connectivity index (χ1) is 10.2. The van der Waals surface area contributed by atoms with Crippen LogP contribution in [-0.4, -0.2) is 32.2 Å². The second-order valence-electron chi connectivity index (χ2n) is 5.14. The predicted octanol–water partition coefficient (Wildman–Crippen LogP) is 2.19. The van der Waals surface area contributed by atoms with Crippen LogP contribution in [0.1, 0.15) is 19.3 Å². The van der Waals surface area contributed by atoms with Gasteiger partial charge in [-0.1, -0.05) is 6.07 Å². The molecule has 0 bridgehead atoms. The molecule has 21 heavy (non-hydrogen) atoms. The Hall–Kier alpha value is -2.08. The quantitative estimate of drug-likeness (QED) is 0.794. The Morgan fingerprint density at radius 1 is 1.24 bits per heavy atom. The van der Waals surface area contributed by atoms with Crippen LogP contribution >= 0.6 is 0 Å². The van der Waals surface area contributed by atoms with E-state index < -0.39 is 6.09 Å². The average Bonchev–Trinajstić information content (AvgIpc) is 2.48. The van der Waals surface area contributed by atoms with Crippen molar-refractivity contribution in [2.45, 2.75) is 19.3 Å². The van der Waals surface area contributed by atoms with E-state index in [4.69, 9.17) is 0 Å². The van der Waals surface area contributed by atoms with E-state index in [0.717, 1.165) is 25.9 Å². The fraction of sp³-hybridized carbons (Fsp3) is 0.467. The summed E-state index contributed by atoms with van der Waals surface area (Å²) < 4.78 is 4.53. The Labute approximate surface area is 124 Å². The van der Waals surface area contributed by atoms with E-state index in [9.17, 15) is 9.59 Å². The van der Waals surface area contributed by atoms with Crippen LogP contribution in [0.2, 0.25) is 0 Å². The minimum absolute atomic E-state index is 0.0112. The average molecular weight is 291 g/mol. The number of nitrogens with one attached hydrogen (secondary N) is 3. The molecule has 1 aromatic rings. The molecule has 1 fully saturated rings. The molecule has 6 nitrogen and oxygen atoms in total. The third kappa shape index (κ3) is 5.07. The van der Waals surface area contributed by atoms with Crippen molar-refractivity contribution in [3.8, 4) is 0 Å². The summed E-state index contributed by atoms with van der Waals surface area (Å²) in [5.41, 5.74) is 1.25. The standard InChI is InChI=1S/C15H21N3O3/c1-21-15(20)18-13-4-2-3-12(10-13)17-14(19)9-11-5-7-16-8-6-11/h2-4,10-11,16H,5-9H2,1H3,(H,17,19)(H,18,20). The lowest BCUT2D eigenvalue weighted by atomic mass is 9.94. The lowest BCUT2D eigenvalue weighted by molar-refractivity contribution is -0.117. The molecular formula is C15H21N3O3. The van der Waals surface area contributed by atoms with E-state index in [2.05, 4.69) is 20.7 Å². The molecule has 3 N–H and O–H groups in total. The molecule has 0 radical (unpaired) electrons. The number of hydrogen-bond acceptors (Lipinski definition) is 4. The van der Waals surface area contributed by atoms with Gasteiger partial charge in [0.15, 0.2) is 0 Å². The molecule has 0 unspecified atom stereocenters. The number of piperidine rings is 1. The van der Waals surface area contributed by atoms with Crippen molar-refractivity contribution in [1.82, 2.24) is 5.32 Å². The highest BCUT2D eigenvalue weighted by atomic mass is 16.5. The lowest BCUT2D eigenvalue weighted by Gasteiger charge is -2.21. The first-order valence-electron chi connectivity index (χ1n) is 7.13. The molecule has 0 saturated carbocycles. The van der Waals surface area contributed by atoms with Crippen LogP contribution in [0.4, 0.5) is 16.2 Å². The van der Waals surface area contributed by atoms with Crippen molar-refractivity contribution in [3.63, 3.8) is 0 Å². The Bertz CT molecular complexity index is 499. The number of amides is 2. The maximum atomic E-state index is 12.0. The number of methoxy groups -OCH3 is 1. The highest BCUT2D eigenvalue weighted by Gasteiger charge is 2.16. The summed E-state index contributed by atoms with van der Waals surface area (Å²) in [5.74, 6) is 0.458. The highest BCUT2D eigenvalue weighted by molar-refractivity contribution is 5.92. The molecule has 1 aliphatic heterocycles. The van der Waals surface area contributed by atoms with Gasteiger partial charge in [0, 0.05) is 17.8 Å². The molecule has 0 aromatic heterocycles. The van der Waals surface area contributed by atoms with Gasteiger partial charge in [0.25, 0.3) is 0 Å². The SMILES string of the molecule is COC(=O)Nc1cccc(NC(=O)CC2CCNCC2)c1. The molecular weight excluding hydrogens is 270 g/mol. The summed E-state index contributed by atoms with van der Waals surface area (Å²) in [7, 11) is 1.31. The lowest BCUT2D eigenvalue weighted by Crippen LogP contribution is -2.30. The Morgan fingerprint density at radius 3 is 2.57 bits per heavy atom.